The SMILES string of the molecule is Cc1cc(C)c(C)c(-c2c3ccc(-c4cc(C)c5c(c4)C4c6ccccc6C5c5ccccc54)cc3cc[n+]2C)c1. The molecule has 0 amide bonds. The molecule has 0 spiro atoms. The number of hydrogen-bond acceptors (Lipinski definition) is 0. The van der Waals surface area contributed by atoms with E-state index >= 15 is 0 Å². The lowest BCUT2D eigenvalue weighted by atomic mass is 9.60. The van der Waals surface area contributed by atoms with Crippen molar-refractivity contribution in [1.82, 2.24) is 0 Å². The van der Waals surface area contributed by atoms with E-state index < -0.39 is 0 Å². The molecule has 1 heteroatoms. The van der Waals surface area contributed by atoms with Gasteiger partial charge in [-0.15, -0.1) is 0 Å². The molecule has 0 atom stereocenters. The van der Waals surface area contributed by atoms with E-state index in [0.717, 1.165) is 0 Å². The third kappa shape index (κ3) is 3.45. The topological polar surface area (TPSA) is 3.88 Å². The van der Waals surface area contributed by atoms with Crippen LogP contribution in [0, 0.1) is 27.7 Å². The number of aromatic nitrogens is 1. The molecule has 6 aromatic rings. The molecule has 2 bridgehead atoms. The maximum atomic E-state index is 2.49. The number of aryl methyl sites for hydroxylation is 4. The van der Waals surface area contributed by atoms with Crippen LogP contribution in [0.5, 0.6) is 0 Å². The van der Waals surface area contributed by atoms with Crippen molar-refractivity contribution < 1.29 is 4.57 Å². The fourth-order valence-electron chi connectivity index (χ4n) is 7.85. The molecule has 3 aliphatic rings. The van der Waals surface area contributed by atoms with Crippen molar-refractivity contribution in [3.05, 3.63) is 159 Å². The molecule has 0 radical (unpaired) electrons. The standard InChI is InChI=1S/C40H34N/c1-23-18-24(2)26(4)35(19-23)40-30-15-14-27(21-28(30)16-17-41(40)5)29-20-25(3)37-36(22-29)38-31-10-6-8-12-33(31)39(37)34-13-9-7-11-32(34)38/h6-22,38-39H,1-5H3/q+1. The van der Waals surface area contributed by atoms with Crippen LogP contribution in [-0.4, -0.2) is 0 Å². The fraction of sp³-hybridized carbons (Fsp3) is 0.175. The quantitative estimate of drug-likeness (QED) is 0.197. The zero-order valence-electron chi connectivity index (χ0n) is 24.4. The summed E-state index contributed by atoms with van der Waals surface area (Å²) in [5, 5.41) is 2.57. The maximum absolute atomic E-state index is 2.49. The van der Waals surface area contributed by atoms with Crippen LogP contribution in [0.3, 0.4) is 0 Å². The largest absolute Gasteiger partial charge is 0.220 e. The van der Waals surface area contributed by atoms with Crippen LogP contribution in [0.15, 0.2) is 103 Å². The highest BCUT2D eigenvalue weighted by Gasteiger charge is 2.41. The van der Waals surface area contributed by atoms with Crippen LogP contribution in [0.1, 0.15) is 67.5 Å². The normalized spacial score (nSPS) is 16.4. The minimum absolute atomic E-state index is 0.291. The van der Waals surface area contributed by atoms with Gasteiger partial charge in [0.25, 0.3) is 0 Å². The molecule has 5 aromatic carbocycles. The highest BCUT2D eigenvalue weighted by atomic mass is 14.9. The second-order valence-corrected chi connectivity index (χ2v) is 12.3. The van der Waals surface area contributed by atoms with Gasteiger partial charge in [0.05, 0.1) is 10.9 Å². The van der Waals surface area contributed by atoms with Crippen LogP contribution >= 0.6 is 0 Å². The van der Waals surface area contributed by atoms with Gasteiger partial charge >= 0.3 is 0 Å². The Balaban J connectivity index is 1.31. The zero-order valence-corrected chi connectivity index (χ0v) is 24.4. The van der Waals surface area contributed by atoms with E-state index in [9.17, 15) is 0 Å². The Labute approximate surface area is 242 Å². The molecule has 1 nitrogen and oxygen atoms in total. The summed E-state index contributed by atoms with van der Waals surface area (Å²) in [5.74, 6) is 0.608. The van der Waals surface area contributed by atoms with Crippen LogP contribution in [0.4, 0.5) is 0 Å². The van der Waals surface area contributed by atoms with E-state index in [1.54, 1.807) is 0 Å². The maximum Gasteiger partial charge on any atom is 0.220 e. The average Bonchev–Trinajstić information content (AvgIpc) is 2.98. The number of fused-ring (bicyclic) bond motifs is 1. The first-order chi connectivity index (χ1) is 19.9. The monoisotopic (exact) mass is 528 g/mol. The fourth-order valence-corrected chi connectivity index (χ4v) is 7.85. The lowest BCUT2D eigenvalue weighted by molar-refractivity contribution is -0.659. The van der Waals surface area contributed by atoms with Crippen LogP contribution in [0.2, 0.25) is 0 Å². The van der Waals surface area contributed by atoms with Crippen molar-refractivity contribution in [3.63, 3.8) is 0 Å². The van der Waals surface area contributed by atoms with Crippen molar-refractivity contribution in [2.75, 3.05) is 0 Å². The third-order valence-corrected chi connectivity index (χ3v) is 9.79. The highest BCUT2D eigenvalue weighted by molar-refractivity contribution is 5.96. The number of rotatable bonds is 2. The summed E-state index contributed by atoms with van der Waals surface area (Å²) in [5.41, 5.74) is 19.5. The molecule has 41 heavy (non-hydrogen) atoms. The Morgan fingerprint density at radius 1 is 0.561 bits per heavy atom. The third-order valence-electron chi connectivity index (χ3n) is 9.79. The van der Waals surface area contributed by atoms with Crippen molar-refractivity contribution >= 4 is 10.8 Å². The van der Waals surface area contributed by atoms with Gasteiger partial charge in [-0.3, -0.25) is 0 Å². The van der Waals surface area contributed by atoms with E-state index in [-0.39, 0.29) is 0 Å². The van der Waals surface area contributed by atoms with E-state index in [1.165, 1.54) is 88.8 Å². The van der Waals surface area contributed by atoms with Crippen molar-refractivity contribution in [1.29, 1.82) is 0 Å². The molecule has 9 rings (SSSR count). The second-order valence-electron chi connectivity index (χ2n) is 12.3. The van der Waals surface area contributed by atoms with Crippen LogP contribution in [-0.2, 0) is 7.05 Å². The second kappa shape index (κ2) is 8.75. The summed E-state index contributed by atoms with van der Waals surface area (Å²) < 4.78 is 2.28. The molecule has 1 heterocycles. The number of benzene rings is 5. The van der Waals surface area contributed by atoms with Crippen molar-refractivity contribution in [2.24, 2.45) is 7.05 Å². The van der Waals surface area contributed by atoms with Gasteiger partial charge in [0.1, 0.15) is 7.05 Å². The van der Waals surface area contributed by atoms with Gasteiger partial charge in [0.2, 0.25) is 5.69 Å². The van der Waals surface area contributed by atoms with E-state index in [1.807, 2.05) is 0 Å². The summed E-state index contributed by atoms with van der Waals surface area (Å²) in [6.45, 7) is 8.98. The molecule has 1 aromatic heterocycles. The van der Waals surface area contributed by atoms with Gasteiger partial charge in [-0.25, -0.2) is 4.57 Å². The van der Waals surface area contributed by atoms with Crippen LogP contribution < -0.4 is 4.57 Å². The Bertz CT molecular complexity index is 2010. The summed E-state index contributed by atoms with van der Waals surface area (Å²) in [4.78, 5) is 0. The minimum Gasteiger partial charge on any atom is -0.200 e. The lowest BCUT2D eigenvalue weighted by Crippen LogP contribution is -2.30. The number of pyridine rings is 1. The van der Waals surface area contributed by atoms with E-state index in [2.05, 4.69) is 143 Å². The molecule has 0 fully saturated rings. The minimum atomic E-state index is 0.291. The summed E-state index contributed by atoms with van der Waals surface area (Å²) >= 11 is 0. The average molecular weight is 529 g/mol. The highest BCUT2D eigenvalue weighted by Crippen LogP contribution is 2.57. The Morgan fingerprint density at radius 2 is 1.22 bits per heavy atom. The molecular weight excluding hydrogens is 494 g/mol. The predicted octanol–water partition coefficient (Wildman–Crippen LogP) is 9.22. The Kier molecular flexibility index (Phi) is 5.19. The summed E-state index contributed by atoms with van der Waals surface area (Å²) in [6, 6.07) is 37.0. The van der Waals surface area contributed by atoms with Gasteiger partial charge < -0.3 is 0 Å². The number of nitrogens with zero attached hydrogens (tertiary/aromatic N) is 1. The molecule has 198 valence electrons. The molecule has 0 aliphatic heterocycles. The predicted molar refractivity (Wildman–Crippen MR) is 170 cm³/mol. The van der Waals surface area contributed by atoms with Crippen molar-refractivity contribution in [2.45, 2.75) is 39.5 Å². The zero-order chi connectivity index (χ0) is 28.0. The van der Waals surface area contributed by atoms with E-state index in [4.69, 9.17) is 0 Å². The number of hydrogen-bond donors (Lipinski definition) is 0. The summed E-state index contributed by atoms with van der Waals surface area (Å²) in [7, 11) is 2.16. The summed E-state index contributed by atoms with van der Waals surface area (Å²) in [6.07, 6.45) is 2.21. The molecule has 0 N–H and O–H groups in total. The Morgan fingerprint density at radius 3 is 1.90 bits per heavy atom. The first-order valence-electron chi connectivity index (χ1n) is 14.7. The van der Waals surface area contributed by atoms with Crippen molar-refractivity contribution in [3.8, 4) is 22.4 Å². The molecule has 0 saturated carbocycles. The smallest absolute Gasteiger partial charge is 0.200 e. The molecular formula is C40H34N+. The molecule has 0 saturated heterocycles. The van der Waals surface area contributed by atoms with Gasteiger partial charge in [0, 0.05) is 17.9 Å². The van der Waals surface area contributed by atoms with Gasteiger partial charge in [-0.05, 0) is 119 Å². The van der Waals surface area contributed by atoms with Crippen LogP contribution in [0.25, 0.3) is 33.2 Å². The molecule has 0 unspecified atom stereocenters. The first-order valence-corrected chi connectivity index (χ1v) is 14.7. The van der Waals surface area contributed by atoms with Gasteiger partial charge in [-0.2, -0.15) is 0 Å². The molecule has 3 aliphatic carbocycles. The Hall–Kier alpha value is -4.49. The van der Waals surface area contributed by atoms with E-state index in [0.29, 0.717) is 11.8 Å². The lowest BCUT2D eigenvalue weighted by Gasteiger charge is -2.43. The van der Waals surface area contributed by atoms with Gasteiger partial charge in [-0.1, -0.05) is 72.3 Å². The first kappa shape index (κ1) is 24.3. The van der Waals surface area contributed by atoms with Gasteiger partial charge in [0.15, 0.2) is 6.20 Å².